The second-order valence-corrected chi connectivity index (χ2v) is 13.3. The summed E-state index contributed by atoms with van der Waals surface area (Å²) in [4.78, 5) is 0. The summed E-state index contributed by atoms with van der Waals surface area (Å²) in [7, 11) is 0. The SMILES string of the molecule is C=C1CCCC23CC24CC[C@]2(C)/C(=C5\CC[C@@H](C(C)(C)O)O5)[C@@H](O)C[C@@]2(C)C4CC[C@@H]13.O.O. The van der Waals surface area contributed by atoms with Gasteiger partial charge in [-0.3, -0.25) is 0 Å². The maximum absolute atomic E-state index is 11.4. The van der Waals surface area contributed by atoms with Gasteiger partial charge in [0.05, 0.1) is 17.5 Å². The summed E-state index contributed by atoms with van der Waals surface area (Å²) in [6.07, 6.45) is 12.5. The van der Waals surface area contributed by atoms with E-state index in [0.29, 0.717) is 16.7 Å². The maximum Gasteiger partial charge on any atom is 0.127 e. The van der Waals surface area contributed by atoms with E-state index in [0.717, 1.165) is 30.9 Å². The molecule has 1 saturated heterocycles. The van der Waals surface area contributed by atoms with Gasteiger partial charge in [0.2, 0.25) is 0 Å². The molecule has 5 saturated carbocycles. The fourth-order valence-corrected chi connectivity index (χ4v) is 10.3. The van der Waals surface area contributed by atoms with Crippen molar-refractivity contribution in [1.82, 2.24) is 0 Å². The highest BCUT2D eigenvalue weighted by Crippen LogP contribution is 2.88. The highest BCUT2D eigenvalue weighted by atomic mass is 16.5. The molecule has 5 aliphatic carbocycles. The minimum Gasteiger partial charge on any atom is -0.492 e. The molecular weight excluding hydrogens is 416 g/mol. The molecule has 188 valence electrons. The van der Waals surface area contributed by atoms with Gasteiger partial charge in [-0.15, -0.1) is 0 Å². The van der Waals surface area contributed by atoms with Crippen LogP contribution in [0, 0.1) is 33.5 Å². The zero-order valence-corrected chi connectivity index (χ0v) is 21.1. The van der Waals surface area contributed by atoms with E-state index < -0.39 is 11.7 Å². The number of rotatable bonds is 1. The van der Waals surface area contributed by atoms with Crippen LogP contribution in [0.3, 0.4) is 0 Å². The maximum atomic E-state index is 11.4. The summed E-state index contributed by atoms with van der Waals surface area (Å²) < 4.78 is 6.37. The number of hydrogen-bond acceptors (Lipinski definition) is 3. The molecule has 5 heteroatoms. The van der Waals surface area contributed by atoms with E-state index in [1.54, 1.807) is 5.57 Å². The second kappa shape index (κ2) is 7.32. The summed E-state index contributed by atoms with van der Waals surface area (Å²) in [6, 6.07) is 0. The fourth-order valence-electron chi connectivity index (χ4n) is 10.3. The molecule has 3 unspecified atom stereocenters. The van der Waals surface area contributed by atoms with Gasteiger partial charge in [0, 0.05) is 17.4 Å². The molecule has 1 aliphatic heterocycles. The average Bonchev–Trinajstić information content (AvgIpc) is 2.96. The van der Waals surface area contributed by atoms with E-state index in [-0.39, 0.29) is 27.9 Å². The molecule has 6 fully saturated rings. The molecule has 0 aromatic rings. The van der Waals surface area contributed by atoms with Crippen molar-refractivity contribution in [3.8, 4) is 0 Å². The zero-order chi connectivity index (χ0) is 22.0. The Labute approximate surface area is 199 Å². The molecule has 5 nitrogen and oxygen atoms in total. The average molecular weight is 463 g/mol. The van der Waals surface area contributed by atoms with E-state index in [9.17, 15) is 10.2 Å². The molecule has 6 rings (SSSR count). The Morgan fingerprint density at radius 2 is 1.73 bits per heavy atom. The second-order valence-electron chi connectivity index (χ2n) is 13.3. The third kappa shape index (κ3) is 2.86. The number of allylic oxidation sites excluding steroid dienone is 2. The third-order valence-corrected chi connectivity index (χ3v) is 11.8. The fraction of sp³-hybridized carbons (Fsp3) is 0.857. The minimum absolute atomic E-state index is 0. The van der Waals surface area contributed by atoms with E-state index in [2.05, 4.69) is 20.4 Å². The molecule has 8 atom stereocenters. The van der Waals surface area contributed by atoms with Crippen molar-refractivity contribution in [3.05, 3.63) is 23.5 Å². The lowest BCUT2D eigenvalue weighted by atomic mass is 9.44. The first kappa shape index (κ1) is 25.2. The lowest BCUT2D eigenvalue weighted by Crippen LogP contribution is -2.53. The monoisotopic (exact) mass is 462 g/mol. The molecule has 0 aromatic carbocycles. The highest BCUT2D eigenvalue weighted by molar-refractivity contribution is 5.40. The first-order chi connectivity index (χ1) is 14.5. The lowest BCUT2D eigenvalue weighted by molar-refractivity contribution is -0.0948. The highest BCUT2D eigenvalue weighted by Gasteiger charge is 2.80. The molecule has 2 spiro atoms. The van der Waals surface area contributed by atoms with Gasteiger partial charge in [0.1, 0.15) is 6.10 Å². The van der Waals surface area contributed by atoms with Gasteiger partial charge in [0.25, 0.3) is 0 Å². The van der Waals surface area contributed by atoms with Crippen LogP contribution in [0.5, 0.6) is 0 Å². The van der Waals surface area contributed by atoms with Crippen LogP contribution in [-0.4, -0.2) is 39.0 Å². The Morgan fingerprint density at radius 3 is 2.39 bits per heavy atom. The van der Waals surface area contributed by atoms with E-state index >= 15 is 0 Å². The quantitative estimate of drug-likeness (QED) is 0.568. The van der Waals surface area contributed by atoms with Crippen LogP contribution in [0.25, 0.3) is 0 Å². The topological polar surface area (TPSA) is 113 Å². The number of ether oxygens (including phenoxy) is 1. The Bertz CT molecular complexity index is 872. The molecular formula is C28H46O5. The van der Waals surface area contributed by atoms with E-state index in [1.807, 2.05) is 13.8 Å². The van der Waals surface area contributed by atoms with Gasteiger partial charge >= 0.3 is 0 Å². The van der Waals surface area contributed by atoms with Gasteiger partial charge in [-0.1, -0.05) is 26.0 Å². The van der Waals surface area contributed by atoms with E-state index in [4.69, 9.17) is 4.74 Å². The molecule has 1 heterocycles. The first-order valence-electron chi connectivity index (χ1n) is 13.0. The predicted molar refractivity (Wildman–Crippen MR) is 129 cm³/mol. The minimum atomic E-state index is -0.838. The molecule has 0 amide bonds. The smallest absolute Gasteiger partial charge is 0.127 e. The number of aliphatic hydroxyl groups excluding tert-OH is 1. The predicted octanol–water partition coefficient (Wildman–Crippen LogP) is 4.25. The molecule has 0 radical (unpaired) electrons. The zero-order valence-electron chi connectivity index (χ0n) is 21.1. The van der Waals surface area contributed by atoms with Gasteiger partial charge in [-0.2, -0.15) is 0 Å². The lowest BCUT2D eigenvalue weighted by Gasteiger charge is -2.60. The van der Waals surface area contributed by atoms with Gasteiger partial charge in [-0.05, 0) is 106 Å². The van der Waals surface area contributed by atoms with Crippen molar-refractivity contribution < 1.29 is 25.9 Å². The molecule has 6 N–H and O–H groups in total. The normalized spacial score (nSPS) is 52.4. The summed E-state index contributed by atoms with van der Waals surface area (Å²) in [5, 5.41) is 21.9. The van der Waals surface area contributed by atoms with Crippen LogP contribution in [0.15, 0.2) is 23.5 Å². The van der Waals surface area contributed by atoms with Gasteiger partial charge < -0.3 is 25.9 Å². The number of aliphatic hydroxyl groups is 2. The molecule has 6 aliphatic rings. The van der Waals surface area contributed by atoms with Crippen LogP contribution < -0.4 is 0 Å². The number of hydrogen-bond donors (Lipinski definition) is 2. The standard InChI is InChI=1S/C28H42O3.2H2O/c1-17-7-6-12-27-16-28(27)14-13-25(4)23(20-9-11-22(31-20)24(2,3)30)19(29)15-26(25,5)21(28)10-8-18(17)27;;/h18-19,21-22,29-30H,1,6-16H2,2-5H3;2*1H2/b23-20+;;/t18-,19-,21?,22-,25+,26-,27?,28?;;/m0../s1. The Kier molecular flexibility index (Phi) is 5.59. The largest absolute Gasteiger partial charge is 0.492 e. The van der Waals surface area contributed by atoms with E-state index in [1.165, 1.54) is 56.9 Å². The van der Waals surface area contributed by atoms with Crippen molar-refractivity contribution in [3.63, 3.8) is 0 Å². The van der Waals surface area contributed by atoms with Crippen LogP contribution in [-0.2, 0) is 4.74 Å². The van der Waals surface area contributed by atoms with Crippen molar-refractivity contribution in [2.45, 2.75) is 116 Å². The molecule has 0 bridgehead atoms. The Morgan fingerprint density at radius 1 is 1.00 bits per heavy atom. The van der Waals surface area contributed by atoms with Gasteiger partial charge in [0.15, 0.2) is 0 Å². The summed E-state index contributed by atoms with van der Waals surface area (Å²) >= 11 is 0. The van der Waals surface area contributed by atoms with Crippen LogP contribution >= 0.6 is 0 Å². The summed E-state index contributed by atoms with van der Waals surface area (Å²) in [6.45, 7) is 13.2. The Balaban J connectivity index is 0.00000130. The Hall–Kier alpha value is -0.880. The molecule has 0 aromatic heterocycles. The number of fused-ring (bicyclic) bond motifs is 2. The van der Waals surface area contributed by atoms with Crippen LogP contribution in [0.1, 0.15) is 98.3 Å². The van der Waals surface area contributed by atoms with Crippen molar-refractivity contribution in [2.24, 2.45) is 33.5 Å². The molecule has 33 heavy (non-hydrogen) atoms. The van der Waals surface area contributed by atoms with Crippen molar-refractivity contribution in [1.29, 1.82) is 0 Å². The van der Waals surface area contributed by atoms with Crippen molar-refractivity contribution in [2.75, 3.05) is 0 Å². The van der Waals surface area contributed by atoms with Crippen molar-refractivity contribution >= 4 is 0 Å². The summed E-state index contributed by atoms with van der Waals surface area (Å²) in [5.41, 5.74) is 3.08. The van der Waals surface area contributed by atoms with Crippen LogP contribution in [0.2, 0.25) is 0 Å². The van der Waals surface area contributed by atoms with Gasteiger partial charge in [-0.25, -0.2) is 0 Å². The third-order valence-electron chi connectivity index (χ3n) is 11.8. The first-order valence-corrected chi connectivity index (χ1v) is 13.0. The summed E-state index contributed by atoms with van der Waals surface area (Å²) in [5.74, 6) is 2.48. The van der Waals surface area contributed by atoms with Crippen LogP contribution in [0.4, 0.5) is 0 Å².